The van der Waals surface area contributed by atoms with Crippen LogP contribution < -0.4 is 5.32 Å². The van der Waals surface area contributed by atoms with Gasteiger partial charge in [0.1, 0.15) is 23.8 Å². The minimum atomic E-state index is -0.894. The van der Waals surface area contributed by atoms with Crippen molar-refractivity contribution in [1.82, 2.24) is 25.1 Å². The van der Waals surface area contributed by atoms with Gasteiger partial charge >= 0.3 is 6.03 Å². The third-order valence-corrected chi connectivity index (χ3v) is 7.97. The third kappa shape index (κ3) is 6.24. The molecule has 0 spiro atoms. The fourth-order valence-corrected chi connectivity index (χ4v) is 5.54. The molecular formula is C29H28Cl2FN5O4. The van der Waals surface area contributed by atoms with Crippen LogP contribution in [0.1, 0.15) is 16.7 Å². The largest absolute Gasteiger partial charge is 0.508 e. The topological polar surface area (TPSA) is 96.4 Å². The van der Waals surface area contributed by atoms with Gasteiger partial charge in [-0.15, -0.1) is 0 Å². The molecule has 3 aromatic carbocycles. The highest BCUT2D eigenvalue weighted by molar-refractivity contribution is 6.42. The van der Waals surface area contributed by atoms with Gasteiger partial charge in [0.15, 0.2) is 0 Å². The summed E-state index contributed by atoms with van der Waals surface area (Å²) in [5.41, 5.74) is 2.19. The Morgan fingerprint density at radius 1 is 0.976 bits per heavy atom. The number of nitrogens with zero attached hydrogens (tertiary/aromatic N) is 4. The molecule has 0 aliphatic carbocycles. The Bertz CT molecular complexity index is 1460. The zero-order valence-electron chi connectivity index (χ0n) is 22.1. The highest BCUT2D eigenvalue weighted by Crippen LogP contribution is 2.30. The molecule has 2 aliphatic heterocycles. The van der Waals surface area contributed by atoms with Gasteiger partial charge in [-0.2, -0.15) is 0 Å². The number of phenolic OH excluding ortho intramolecular Hbond substituents is 1. The van der Waals surface area contributed by atoms with Crippen LogP contribution in [0.5, 0.6) is 5.75 Å². The second-order valence-corrected chi connectivity index (χ2v) is 10.9. The number of nitrogens with one attached hydrogen (secondary N) is 1. The molecule has 214 valence electrons. The molecule has 2 atom stereocenters. The molecule has 0 unspecified atom stereocenters. The van der Waals surface area contributed by atoms with E-state index in [1.165, 1.54) is 39.2 Å². The average molecular weight is 600 g/mol. The van der Waals surface area contributed by atoms with Crippen molar-refractivity contribution in [2.75, 3.05) is 20.1 Å². The number of urea groups is 1. The first-order valence-electron chi connectivity index (χ1n) is 12.9. The first-order chi connectivity index (χ1) is 19.6. The van der Waals surface area contributed by atoms with Crippen LogP contribution in [0, 0.1) is 5.82 Å². The number of phenols is 1. The summed E-state index contributed by atoms with van der Waals surface area (Å²) in [5, 5.41) is 16.3. The highest BCUT2D eigenvalue weighted by Gasteiger charge is 2.50. The Labute approximate surface area is 246 Å². The fraction of sp³-hybridized carbons (Fsp3) is 0.276. The lowest BCUT2D eigenvalue weighted by Gasteiger charge is -2.54. The van der Waals surface area contributed by atoms with E-state index in [4.69, 9.17) is 23.2 Å². The standard InChI is InChI=1S/C29H28Cl2FN5O4/c1-34-17-27(39)36-25(13-18-4-9-22(38)10-5-18)28(40)35(15-20-6-11-23(30)24(31)12-20)16-26(36)37(34)29(41)33-14-19-2-7-21(32)8-3-19/h2-12,25-26,38H,13-17H2,1H3,(H,33,41)/t25-,26-/m0/s1. The lowest BCUT2D eigenvalue weighted by Crippen LogP contribution is -2.76. The Hall–Kier alpha value is -3.86. The number of likely N-dealkylation sites (N-methyl/N-ethyl adjacent to an activating group) is 1. The van der Waals surface area contributed by atoms with Crippen LogP contribution in [-0.4, -0.2) is 75.1 Å². The molecule has 3 aromatic rings. The number of piperazine rings is 1. The summed E-state index contributed by atoms with van der Waals surface area (Å²) in [4.78, 5) is 44.0. The molecule has 12 heteroatoms. The van der Waals surface area contributed by atoms with E-state index in [-0.39, 0.29) is 56.0 Å². The van der Waals surface area contributed by atoms with Gasteiger partial charge in [-0.3, -0.25) is 9.59 Å². The van der Waals surface area contributed by atoms with E-state index in [0.29, 0.717) is 15.6 Å². The molecule has 0 saturated carbocycles. The van der Waals surface area contributed by atoms with Gasteiger partial charge in [0.05, 0.1) is 23.1 Å². The van der Waals surface area contributed by atoms with Crippen molar-refractivity contribution >= 4 is 41.0 Å². The first-order valence-corrected chi connectivity index (χ1v) is 13.7. The van der Waals surface area contributed by atoms with Crippen molar-refractivity contribution in [3.8, 4) is 5.75 Å². The molecule has 2 aliphatic rings. The molecule has 41 heavy (non-hydrogen) atoms. The van der Waals surface area contributed by atoms with Gasteiger partial charge in [0, 0.05) is 26.6 Å². The minimum absolute atomic E-state index is 0.0607. The van der Waals surface area contributed by atoms with Crippen molar-refractivity contribution in [3.63, 3.8) is 0 Å². The maximum Gasteiger partial charge on any atom is 0.334 e. The molecule has 2 fully saturated rings. The van der Waals surface area contributed by atoms with E-state index >= 15 is 0 Å². The van der Waals surface area contributed by atoms with Gasteiger partial charge in [-0.1, -0.05) is 53.5 Å². The number of amides is 4. The molecule has 4 amide bonds. The second-order valence-electron chi connectivity index (χ2n) is 10.1. The van der Waals surface area contributed by atoms with E-state index in [1.807, 2.05) is 0 Å². The van der Waals surface area contributed by atoms with E-state index < -0.39 is 18.2 Å². The monoisotopic (exact) mass is 599 g/mol. The van der Waals surface area contributed by atoms with E-state index in [1.54, 1.807) is 54.4 Å². The van der Waals surface area contributed by atoms with Crippen LogP contribution in [-0.2, 0) is 29.1 Å². The number of aromatic hydroxyl groups is 1. The van der Waals surface area contributed by atoms with Crippen molar-refractivity contribution in [1.29, 1.82) is 0 Å². The number of hydrogen-bond donors (Lipinski definition) is 2. The summed E-state index contributed by atoms with van der Waals surface area (Å²) in [6, 6.07) is 16.0. The smallest absolute Gasteiger partial charge is 0.334 e. The van der Waals surface area contributed by atoms with Gasteiger partial charge in [-0.25, -0.2) is 19.2 Å². The second kappa shape index (κ2) is 11.9. The fourth-order valence-electron chi connectivity index (χ4n) is 5.22. The van der Waals surface area contributed by atoms with E-state index in [9.17, 15) is 23.9 Å². The van der Waals surface area contributed by atoms with E-state index in [0.717, 1.165) is 11.1 Å². The Morgan fingerprint density at radius 2 is 1.63 bits per heavy atom. The van der Waals surface area contributed by atoms with Crippen LogP contribution in [0.15, 0.2) is 66.7 Å². The number of hydrazine groups is 1. The summed E-state index contributed by atoms with van der Waals surface area (Å²) >= 11 is 12.3. The van der Waals surface area contributed by atoms with E-state index in [2.05, 4.69) is 5.32 Å². The Morgan fingerprint density at radius 3 is 2.32 bits per heavy atom. The number of hydrogen-bond acceptors (Lipinski definition) is 5. The van der Waals surface area contributed by atoms with Crippen molar-refractivity contribution in [2.45, 2.75) is 31.7 Å². The van der Waals surface area contributed by atoms with Crippen LogP contribution in [0.4, 0.5) is 9.18 Å². The van der Waals surface area contributed by atoms with Crippen LogP contribution >= 0.6 is 23.2 Å². The minimum Gasteiger partial charge on any atom is -0.508 e. The van der Waals surface area contributed by atoms with Crippen LogP contribution in [0.25, 0.3) is 0 Å². The molecule has 0 aromatic heterocycles. The molecule has 2 saturated heterocycles. The molecule has 2 N–H and O–H groups in total. The first kappa shape index (κ1) is 28.7. The number of fused-ring (bicyclic) bond motifs is 1. The van der Waals surface area contributed by atoms with Gasteiger partial charge in [0.2, 0.25) is 11.8 Å². The summed E-state index contributed by atoms with van der Waals surface area (Å²) < 4.78 is 13.3. The van der Waals surface area contributed by atoms with Crippen LogP contribution in [0.2, 0.25) is 10.0 Å². The third-order valence-electron chi connectivity index (χ3n) is 7.23. The predicted molar refractivity (Wildman–Crippen MR) is 151 cm³/mol. The molecule has 0 bridgehead atoms. The van der Waals surface area contributed by atoms with Gasteiger partial charge in [-0.05, 0) is 53.1 Å². The molecule has 5 rings (SSSR count). The van der Waals surface area contributed by atoms with Crippen LogP contribution in [0.3, 0.4) is 0 Å². The zero-order chi connectivity index (χ0) is 29.3. The Kier molecular flexibility index (Phi) is 8.35. The SMILES string of the molecule is CN1CC(=O)N2[C@@H](Cc3ccc(O)cc3)C(=O)N(Cc3ccc(Cl)c(Cl)c3)C[C@@H]2N1C(=O)NCc1ccc(F)cc1. The quantitative estimate of drug-likeness (QED) is 0.446. The molecular weight excluding hydrogens is 572 g/mol. The molecule has 2 heterocycles. The average Bonchev–Trinajstić information content (AvgIpc) is 2.93. The zero-order valence-corrected chi connectivity index (χ0v) is 23.6. The number of halogens is 3. The van der Waals surface area contributed by atoms with Gasteiger partial charge < -0.3 is 20.2 Å². The number of carbonyl (C=O) groups is 3. The number of benzene rings is 3. The Balaban J connectivity index is 1.45. The molecule has 9 nitrogen and oxygen atoms in total. The van der Waals surface area contributed by atoms with Crippen molar-refractivity contribution in [2.24, 2.45) is 0 Å². The summed E-state index contributed by atoms with van der Waals surface area (Å²) in [7, 11) is 1.64. The van der Waals surface area contributed by atoms with Crippen molar-refractivity contribution in [3.05, 3.63) is 99.3 Å². The molecule has 0 radical (unpaired) electrons. The lowest BCUT2D eigenvalue weighted by molar-refractivity contribution is -0.187. The maximum absolute atomic E-state index is 13.9. The summed E-state index contributed by atoms with van der Waals surface area (Å²) in [6.07, 6.45) is -0.606. The predicted octanol–water partition coefficient (Wildman–Crippen LogP) is 4.02. The lowest BCUT2D eigenvalue weighted by atomic mass is 9.98. The van der Waals surface area contributed by atoms with Gasteiger partial charge in [0.25, 0.3) is 0 Å². The number of carbonyl (C=O) groups excluding carboxylic acids is 3. The maximum atomic E-state index is 13.9. The normalized spacial score (nSPS) is 19.4. The number of rotatable bonds is 6. The summed E-state index contributed by atoms with van der Waals surface area (Å²) in [5.74, 6) is -0.850. The highest BCUT2D eigenvalue weighted by atomic mass is 35.5. The summed E-state index contributed by atoms with van der Waals surface area (Å²) in [6.45, 7) is 0.292. The van der Waals surface area contributed by atoms with Crippen molar-refractivity contribution < 1.29 is 23.9 Å².